The number of aromatic nitrogens is 1. The SMILES string of the molecule is Cc1ccc2c(ccn2CC2CNC(=O)O2)c1. The molecule has 1 aromatic carbocycles. The van der Waals surface area contributed by atoms with Gasteiger partial charge >= 0.3 is 6.09 Å². The van der Waals surface area contributed by atoms with E-state index in [0.29, 0.717) is 13.1 Å². The van der Waals surface area contributed by atoms with Gasteiger partial charge in [-0.25, -0.2) is 4.79 Å². The van der Waals surface area contributed by atoms with E-state index in [0.717, 1.165) is 0 Å². The zero-order chi connectivity index (χ0) is 11.8. The standard InChI is InChI=1S/C13H14N2O2/c1-9-2-3-12-10(6-9)4-5-15(12)8-11-7-14-13(16)17-11/h2-6,11H,7-8H2,1H3,(H,14,16). The van der Waals surface area contributed by atoms with Gasteiger partial charge in [0.1, 0.15) is 6.10 Å². The molecule has 2 heterocycles. The molecule has 0 radical (unpaired) electrons. The minimum Gasteiger partial charge on any atom is -0.442 e. The van der Waals surface area contributed by atoms with Crippen molar-refractivity contribution < 1.29 is 9.53 Å². The van der Waals surface area contributed by atoms with E-state index < -0.39 is 0 Å². The van der Waals surface area contributed by atoms with Gasteiger partial charge in [0.15, 0.2) is 0 Å². The topological polar surface area (TPSA) is 43.3 Å². The first-order valence-electron chi connectivity index (χ1n) is 5.72. The molecule has 1 fully saturated rings. The first kappa shape index (κ1) is 10.2. The molecule has 0 saturated carbocycles. The van der Waals surface area contributed by atoms with Crippen molar-refractivity contribution in [1.82, 2.24) is 9.88 Å². The summed E-state index contributed by atoms with van der Waals surface area (Å²) >= 11 is 0. The van der Waals surface area contributed by atoms with Gasteiger partial charge in [-0.05, 0) is 30.5 Å². The molecule has 0 spiro atoms. The summed E-state index contributed by atoms with van der Waals surface area (Å²) in [5, 5.41) is 3.89. The Morgan fingerprint density at radius 1 is 1.47 bits per heavy atom. The number of carbonyl (C=O) groups is 1. The van der Waals surface area contributed by atoms with Crippen molar-refractivity contribution in [3.05, 3.63) is 36.0 Å². The van der Waals surface area contributed by atoms with Crippen LogP contribution in [0.5, 0.6) is 0 Å². The number of ether oxygens (including phenoxy) is 1. The molecule has 4 nitrogen and oxygen atoms in total. The maximum absolute atomic E-state index is 10.9. The summed E-state index contributed by atoms with van der Waals surface area (Å²) in [4.78, 5) is 10.9. The second kappa shape index (κ2) is 3.80. The van der Waals surface area contributed by atoms with Gasteiger partial charge in [-0.2, -0.15) is 0 Å². The Hall–Kier alpha value is -1.97. The lowest BCUT2D eigenvalue weighted by atomic mass is 10.2. The van der Waals surface area contributed by atoms with Gasteiger partial charge < -0.3 is 14.6 Å². The Bertz CT molecular complexity index is 574. The third-order valence-corrected chi connectivity index (χ3v) is 3.07. The lowest BCUT2D eigenvalue weighted by molar-refractivity contribution is 0.131. The van der Waals surface area contributed by atoms with Crippen LogP contribution in [-0.4, -0.2) is 23.3 Å². The number of hydrogen-bond acceptors (Lipinski definition) is 2. The van der Waals surface area contributed by atoms with Crippen LogP contribution in [0.1, 0.15) is 5.56 Å². The van der Waals surface area contributed by atoms with E-state index in [1.807, 2.05) is 6.20 Å². The number of alkyl carbamates (subject to hydrolysis) is 1. The monoisotopic (exact) mass is 230 g/mol. The molecule has 1 saturated heterocycles. The van der Waals surface area contributed by atoms with Crippen molar-refractivity contribution in [2.75, 3.05) is 6.54 Å². The molecule has 2 aromatic rings. The highest BCUT2D eigenvalue weighted by Crippen LogP contribution is 2.18. The van der Waals surface area contributed by atoms with E-state index in [4.69, 9.17) is 4.74 Å². The van der Waals surface area contributed by atoms with Crippen molar-refractivity contribution in [2.45, 2.75) is 19.6 Å². The van der Waals surface area contributed by atoms with Crippen LogP contribution in [-0.2, 0) is 11.3 Å². The van der Waals surface area contributed by atoms with Crippen LogP contribution in [0.4, 0.5) is 4.79 Å². The van der Waals surface area contributed by atoms with Crippen molar-refractivity contribution in [2.24, 2.45) is 0 Å². The number of benzene rings is 1. The second-order valence-corrected chi connectivity index (χ2v) is 4.44. The number of cyclic esters (lactones) is 1. The van der Waals surface area contributed by atoms with Gasteiger partial charge in [-0.15, -0.1) is 0 Å². The molecule has 1 aromatic heterocycles. The highest BCUT2D eigenvalue weighted by molar-refractivity contribution is 5.80. The number of hydrogen-bond donors (Lipinski definition) is 1. The molecule has 1 amide bonds. The molecule has 1 aliphatic heterocycles. The van der Waals surface area contributed by atoms with Crippen LogP contribution in [0, 0.1) is 6.92 Å². The first-order valence-corrected chi connectivity index (χ1v) is 5.72. The molecule has 3 rings (SSSR count). The van der Waals surface area contributed by atoms with E-state index in [9.17, 15) is 4.79 Å². The summed E-state index contributed by atoms with van der Waals surface area (Å²) in [5.74, 6) is 0. The molecule has 17 heavy (non-hydrogen) atoms. The Kier molecular flexibility index (Phi) is 2.28. The van der Waals surface area contributed by atoms with E-state index in [1.54, 1.807) is 0 Å². The number of fused-ring (bicyclic) bond motifs is 1. The van der Waals surface area contributed by atoms with Crippen molar-refractivity contribution in [1.29, 1.82) is 0 Å². The van der Waals surface area contributed by atoms with Gasteiger partial charge in [0.05, 0.1) is 13.1 Å². The predicted octanol–water partition coefficient (Wildman–Crippen LogP) is 2.06. The van der Waals surface area contributed by atoms with Gasteiger partial charge in [-0.1, -0.05) is 11.6 Å². The number of nitrogens with one attached hydrogen (secondary N) is 1. The average Bonchev–Trinajstić information content (AvgIpc) is 2.86. The number of aryl methyl sites for hydroxylation is 1. The summed E-state index contributed by atoms with van der Waals surface area (Å²) < 4.78 is 7.26. The van der Waals surface area contributed by atoms with E-state index in [-0.39, 0.29) is 12.2 Å². The van der Waals surface area contributed by atoms with Gasteiger partial charge in [-0.3, -0.25) is 0 Å². The normalized spacial score (nSPS) is 19.4. The van der Waals surface area contributed by atoms with E-state index >= 15 is 0 Å². The number of amides is 1. The Morgan fingerprint density at radius 2 is 2.35 bits per heavy atom. The average molecular weight is 230 g/mol. The van der Waals surface area contributed by atoms with E-state index in [2.05, 4.69) is 41.1 Å². The van der Waals surface area contributed by atoms with Crippen LogP contribution in [0.15, 0.2) is 30.5 Å². The van der Waals surface area contributed by atoms with Gasteiger partial charge in [0.2, 0.25) is 0 Å². The van der Waals surface area contributed by atoms with E-state index in [1.165, 1.54) is 16.5 Å². The molecular weight excluding hydrogens is 216 g/mol. The Morgan fingerprint density at radius 3 is 3.12 bits per heavy atom. The lowest BCUT2D eigenvalue weighted by Gasteiger charge is -2.10. The maximum atomic E-state index is 10.9. The molecule has 4 heteroatoms. The molecule has 88 valence electrons. The molecule has 0 bridgehead atoms. The zero-order valence-electron chi connectivity index (χ0n) is 9.64. The summed E-state index contributed by atoms with van der Waals surface area (Å²) in [6, 6.07) is 8.45. The third kappa shape index (κ3) is 1.86. The summed E-state index contributed by atoms with van der Waals surface area (Å²) in [7, 11) is 0. The van der Waals surface area contributed by atoms with Crippen LogP contribution < -0.4 is 5.32 Å². The predicted molar refractivity (Wildman–Crippen MR) is 64.9 cm³/mol. The zero-order valence-corrected chi connectivity index (χ0v) is 9.64. The minimum atomic E-state index is -0.317. The van der Waals surface area contributed by atoms with Crippen LogP contribution in [0.3, 0.4) is 0 Å². The third-order valence-electron chi connectivity index (χ3n) is 3.07. The van der Waals surface area contributed by atoms with Crippen molar-refractivity contribution in [3.63, 3.8) is 0 Å². The fourth-order valence-electron chi connectivity index (χ4n) is 2.23. The smallest absolute Gasteiger partial charge is 0.407 e. The van der Waals surface area contributed by atoms with Crippen molar-refractivity contribution in [3.8, 4) is 0 Å². The Labute approximate surface area is 99.2 Å². The van der Waals surface area contributed by atoms with Gasteiger partial charge in [0.25, 0.3) is 0 Å². The lowest BCUT2D eigenvalue weighted by Crippen LogP contribution is -2.20. The summed E-state index contributed by atoms with van der Waals surface area (Å²) in [6.45, 7) is 3.37. The van der Waals surface area contributed by atoms with Crippen LogP contribution >= 0.6 is 0 Å². The molecular formula is C13H14N2O2. The van der Waals surface area contributed by atoms with Gasteiger partial charge in [0, 0.05) is 11.7 Å². The Balaban J connectivity index is 1.88. The quantitative estimate of drug-likeness (QED) is 0.858. The highest BCUT2D eigenvalue weighted by Gasteiger charge is 2.22. The van der Waals surface area contributed by atoms with Crippen molar-refractivity contribution >= 4 is 17.0 Å². The largest absolute Gasteiger partial charge is 0.442 e. The summed E-state index contributed by atoms with van der Waals surface area (Å²) in [6.07, 6.45) is 1.65. The second-order valence-electron chi connectivity index (χ2n) is 4.44. The molecule has 1 aliphatic rings. The maximum Gasteiger partial charge on any atom is 0.407 e. The fraction of sp³-hybridized carbons (Fsp3) is 0.308. The fourth-order valence-corrected chi connectivity index (χ4v) is 2.23. The molecule has 1 atom stereocenters. The first-order chi connectivity index (χ1) is 8.22. The highest BCUT2D eigenvalue weighted by atomic mass is 16.6. The molecule has 1 unspecified atom stereocenters. The molecule has 0 aliphatic carbocycles. The number of carbonyl (C=O) groups excluding carboxylic acids is 1. The van der Waals surface area contributed by atoms with Crippen LogP contribution in [0.2, 0.25) is 0 Å². The summed E-state index contributed by atoms with van der Waals surface area (Å²) in [5.41, 5.74) is 2.43. The van der Waals surface area contributed by atoms with Crippen LogP contribution in [0.25, 0.3) is 10.9 Å². The number of nitrogens with zero attached hydrogens (tertiary/aromatic N) is 1. The molecule has 1 N–H and O–H groups in total. The number of rotatable bonds is 2. The minimum absolute atomic E-state index is 0.0700.